The van der Waals surface area contributed by atoms with Crippen molar-refractivity contribution in [1.29, 1.82) is 0 Å². The van der Waals surface area contributed by atoms with E-state index in [-0.39, 0.29) is 12.0 Å². The van der Waals surface area contributed by atoms with Crippen molar-refractivity contribution < 1.29 is 4.84 Å². The second-order valence-electron chi connectivity index (χ2n) is 7.32. The van der Waals surface area contributed by atoms with Crippen LogP contribution in [0.5, 0.6) is 0 Å². The average molecular weight is 340 g/mol. The van der Waals surface area contributed by atoms with Crippen molar-refractivity contribution >= 4 is 22.7 Å². The van der Waals surface area contributed by atoms with Crippen molar-refractivity contribution in [3.63, 3.8) is 0 Å². The van der Waals surface area contributed by atoms with Crippen molar-refractivity contribution in [2.24, 2.45) is 11.1 Å². The smallest absolute Gasteiger partial charge is 0.181 e. The van der Waals surface area contributed by atoms with Crippen LogP contribution < -0.4 is 0 Å². The molecule has 2 atom stereocenters. The highest BCUT2D eigenvalue weighted by Crippen LogP contribution is 2.42. The molecule has 3 aromatic rings. The Morgan fingerprint density at radius 3 is 2.54 bits per heavy atom. The minimum absolute atomic E-state index is 0.108. The molecule has 3 nitrogen and oxygen atoms in total. The fourth-order valence-corrected chi connectivity index (χ4v) is 4.31. The second kappa shape index (κ2) is 5.53. The van der Waals surface area contributed by atoms with Crippen molar-refractivity contribution in [2.45, 2.75) is 26.9 Å². The summed E-state index contributed by atoms with van der Waals surface area (Å²) in [6.45, 7) is 6.43. The third kappa shape index (κ3) is 2.20. The maximum Gasteiger partial charge on any atom is 0.181 e. The molecule has 0 saturated heterocycles. The van der Waals surface area contributed by atoms with E-state index in [9.17, 15) is 0 Å². The van der Waals surface area contributed by atoms with Crippen molar-refractivity contribution in [3.05, 3.63) is 82.1 Å². The highest BCUT2D eigenvalue weighted by atomic mass is 16.6. The molecular weight excluding hydrogens is 320 g/mol. The van der Waals surface area contributed by atoms with E-state index in [1.54, 1.807) is 0 Å². The van der Waals surface area contributed by atoms with Crippen molar-refractivity contribution in [1.82, 2.24) is 4.98 Å². The summed E-state index contributed by atoms with van der Waals surface area (Å²) in [5.74, 6) is 0.108. The lowest BCUT2D eigenvalue weighted by Crippen LogP contribution is -2.21. The number of oxime groups is 1. The summed E-state index contributed by atoms with van der Waals surface area (Å²) < 4.78 is 0. The number of para-hydroxylation sites is 1. The highest BCUT2D eigenvalue weighted by molar-refractivity contribution is 6.07. The van der Waals surface area contributed by atoms with Gasteiger partial charge < -0.3 is 4.84 Å². The van der Waals surface area contributed by atoms with Crippen LogP contribution in [0.2, 0.25) is 0 Å². The number of hydrogen-bond acceptors (Lipinski definition) is 3. The van der Waals surface area contributed by atoms with E-state index in [1.165, 1.54) is 22.3 Å². The zero-order valence-corrected chi connectivity index (χ0v) is 15.2. The van der Waals surface area contributed by atoms with Gasteiger partial charge >= 0.3 is 0 Å². The molecule has 1 aromatic heterocycles. The summed E-state index contributed by atoms with van der Waals surface area (Å²) in [4.78, 5) is 10.8. The summed E-state index contributed by atoms with van der Waals surface area (Å²) in [6.07, 6.45) is 4.24. The first-order chi connectivity index (χ1) is 12.6. The molecule has 2 unspecified atom stereocenters. The highest BCUT2D eigenvalue weighted by Gasteiger charge is 2.39. The van der Waals surface area contributed by atoms with Crippen LogP contribution >= 0.6 is 0 Å². The quantitative estimate of drug-likeness (QED) is 0.604. The fraction of sp³-hybridized carbons (Fsp3) is 0.217. The maximum atomic E-state index is 5.91. The van der Waals surface area contributed by atoms with Gasteiger partial charge in [-0.25, -0.2) is 4.98 Å². The fourth-order valence-electron chi connectivity index (χ4n) is 4.31. The van der Waals surface area contributed by atoms with Gasteiger partial charge in [-0.2, -0.15) is 0 Å². The van der Waals surface area contributed by atoms with Gasteiger partial charge in [0.25, 0.3) is 0 Å². The SMILES string of the molecule is Cc1cc(C)c(C2=NOC3c4nc5ccccc5cc4C=CC23)c(C)c1. The Bertz CT molecular complexity index is 1090. The van der Waals surface area contributed by atoms with E-state index in [2.05, 4.69) is 62.3 Å². The predicted octanol–water partition coefficient (Wildman–Crippen LogP) is 5.28. The molecule has 1 aliphatic carbocycles. The minimum atomic E-state index is -0.144. The Morgan fingerprint density at radius 1 is 0.962 bits per heavy atom. The zero-order valence-electron chi connectivity index (χ0n) is 15.2. The number of hydrogen-bond donors (Lipinski definition) is 0. The van der Waals surface area contributed by atoms with Crippen molar-refractivity contribution in [3.8, 4) is 0 Å². The van der Waals surface area contributed by atoms with E-state index in [4.69, 9.17) is 9.82 Å². The number of rotatable bonds is 1. The molecule has 0 saturated carbocycles. The summed E-state index contributed by atoms with van der Waals surface area (Å²) in [5, 5.41) is 5.66. The Kier molecular flexibility index (Phi) is 3.26. The van der Waals surface area contributed by atoms with Gasteiger partial charge in [-0.05, 0) is 44.0 Å². The predicted molar refractivity (Wildman–Crippen MR) is 105 cm³/mol. The number of aryl methyl sites for hydroxylation is 3. The van der Waals surface area contributed by atoms with E-state index in [0.29, 0.717) is 0 Å². The number of nitrogens with zero attached hydrogens (tertiary/aromatic N) is 2. The van der Waals surface area contributed by atoms with Crippen LogP contribution in [-0.2, 0) is 4.84 Å². The number of benzene rings is 2. The third-order valence-corrected chi connectivity index (χ3v) is 5.38. The van der Waals surface area contributed by atoms with Crippen LogP contribution in [0.3, 0.4) is 0 Å². The third-order valence-electron chi connectivity index (χ3n) is 5.38. The summed E-state index contributed by atoms with van der Waals surface area (Å²) in [6, 6.07) is 14.8. The molecule has 3 heteroatoms. The average Bonchev–Trinajstić information content (AvgIpc) is 3.03. The molecule has 0 spiro atoms. The summed E-state index contributed by atoms with van der Waals surface area (Å²) in [5.41, 5.74) is 9.10. The molecule has 2 aliphatic rings. The topological polar surface area (TPSA) is 34.5 Å². The lowest BCUT2D eigenvalue weighted by Gasteiger charge is -2.23. The molecule has 0 bridgehead atoms. The first-order valence-electron chi connectivity index (χ1n) is 9.01. The van der Waals surface area contributed by atoms with Crippen LogP contribution in [0.4, 0.5) is 0 Å². The number of aromatic nitrogens is 1. The molecule has 2 aromatic carbocycles. The molecule has 128 valence electrons. The minimum Gasteiger partial charge on any atom is -0.385 e. The van der Waals surface area contributed by atoms with Crippen LogP contribution in [0.25, 0.3) is 17.0 Å². The van der Waals surface area contributed by atoms with Gasteiger partial charge in [-0.15, -0.1) is 0 Å². The Balaban J connectivity index is 1.61. The number of pyridine rings is 1. The maximum absolute atomic E-state index is 5.91. The monoisotopic (exact) mass is 340 g/mol. The van der Waals surface area contributed by atoms with E-state index >= 15 is 0 Å². The second-order valence-corrected chi connectivity index (χ2v) is 7.32. The molecular formula is C23H20N2O. The van der Waals surface area contributed by atoms with E-state index in [1.807, 2.05) is 18.2 Å². The molecule has 5 rings (SSSR count). The molecule has 0 N–H and O–H groups in total. The van der Waals surface area contributed by atoms with E-state index in [0.717, 1.165) is 27.9 Å². The van der Waals surface area contributed by atoms with Crippen LogP contribution in [-0.4, -0.2) is 10.7 Å². The molecule has 1 aliphatic heterocycles. The normalized spacial score (nSPS) is 20.5. The molecule has 0 amide bonds. The molecule has 26 heavy (non-hydrogen) atoms. The molecule has 2 heterocycles. The molecule has 0 radical (unpaired) electrons. The van der Waals surface area contributed by atoms with Gasteiger partial charge in [-0.3, -0.25) is 0 Å². The van der Waals surface area contributed by atoms with Gasteiger partial charge in [-0.1, -0.05) is 53.2 Å². The lowest BCUT2D eigenvalue weighted by atomic mass is 9.82. The Hall–Kier alpha value is -2.94. The summed E-state index contributed by atoms with van der Waals surface area (Å²) in [7, 11) is 0. The first kappa shape index (κ1) is 15.3. The lowest BCUT2D eigenvalue weighted by molar-refractivity contribution is 0.0669. The largest absolute Gasteiger partial charge is 0.385 e. The van der Waals surface area contributed by atoms with Crippen molar-refractivity contribution in [2.75, 3.05) is 0 Å². The molecule has 0 fully saturated rings. The number of fused-ring (bicyclic) bond motifs is 4. The van der Waals surface area contributed by atoms with Gasteiger partial charge in [0.1, 0.15) is 0 Å². The first-order valence-corrected chi connectivity index (χ1v) is 9.01. The van der Waals surface area contributed by atoms with Gasteiger partial charge in [0.15, 0.2) is 6.10 Å². The summed E-state index contributed by atoms with van der Waals surface area (Å²) >= 11 is 0. The van der Waals surface area contributed by atoms with Gasteiger partial charge in [0.2, 0.25) is 0 Å². The Morgan fingerprint density at radius 2 is 1.73 bits per heavy atom. The standard InChI is InChI=1S/C23H20N2O/c1-13-10-14(2)20(15(3)11-13)22-18-9-8-17-12-16-6-4-5-7-19(16)24-21(17)23(18)26-25-22/h4-12,18,23H,1-3H3. The van der Waals surface area contributed by atoms with Gasteiger partial charge in [0, 0.05) is 16.5 Å². The van der Waals surface area contributed by atoms with Crippen LogP contribution in [0.1, 0.15) is 39.6 Å². The van der Waals surface area contributed by atoms with Crippen LogP contribution in [0.15, 0.2) is 53.7 Å². The van der Waals surface area contributed by atoms with Gasteiger partial charge in [0.05, 0.1) is 22.8 Å². The Labute approximate surface area is 153 Å². The van der Waals surface area contributed by atoms with Crippen LogP contribution in [0, 0.1) is 26.7 Å². The zero-order chi connectivity index (χ0) is 17.8. The van der Waals surface area contributed by atoms with E-state index < -0.39 is 0 Å².